The minimum Gasteiger partial charge on any atom is -0.493 e. The van der Waals surface area contributed by atoms with E-state index in [1.54, 1.807) is 30.4 Å². The van der Waals surface area contributed by atoms with Crippen molar-refractivity contribution in [1.29, 1.82) is 0 Å². The number of hydrogen-bond donors (Lipinski definition) is 0. The zero-order chi connectivity index (χ0) is 37.3. The minimum absolute atomic E-state index is 0.0540. The largest absolute Gasteiger partial charge is 0.493 e. The Morgan fingerprint density at radius 2 is 1.47 bits per heavy atom. The van der Waals surface area contributed by atoms with Crippen molar-refractivity contribution in [3.63, 3.8) is 0 Å². The Morgan fingerprint density at radius 3 is 2.08 bits per heavy atom. The summed E-state index contributed by atoms with van der Waals surface area (Å²) in [6.45, 7) is 1.28. The molecule has 15 heteroatoms. The summed E-state index contributed by atoms with van der Waals surface area (Å²) in [7, 11) is 2.93. The summed E-state index contributed by atoms with van der Waals surface area (Å²) in [5.74, 6) is 0.592. The Bertz CT molecular complexity index is 1990. The first-order valence-corrected chi connectivity index (χ1v) is 16.5. The van der Waals surface area contributed by atoms with Gasteiger partial charge in [-0.15, -0.1) is 0 Å². The van der Waals surface area contributed by atoms with Gasteiger partial charge in [-0.2, -0.15) is 0 Å². The predicted molar refractivity (Wildman–Crippen MR) is 190 cm³/mol. The molecule has 15 nitrogen and oxygen atoms in total. The van der Waals surface area contributed by atoms with Crippen molar-refractivity contribution in [3.05, 3.63) is 117 Å². The number of ether oxygens (including phenoxy) is 6. The highest BCUT2D eigenvalue weighted by Gasteiger charge is 2.35. The maximum absolute atomic E-state index is 12.8. The minimum atomic E-state index is -0.785. The Kier molecular flexibility index (Phi) is 11.6. The summed E-state index contributed by atoms with van der Waals surface area (Å²) in [5.41, 5.74) is 2.36. The molecule has 2 atom stereocenters. The molecule has 0 unspecified atom stereocenters. The third kappa shape index (κ3) is 8.27. The van der Waals surface area contributed by atoms with Crippen LogP contribution < -0.4 is 18.9 Å². The molecular weight excluding hydrogens is 688 g/mol. The zero-order valence-corrected chi connectivity index (χ0v) is 28.9. The second kappa shape index (κ2) is 16.8. The maximum atomic E-state index is 12.8. The summed E-state index contributed by atoms with van der Waals surface area (Å²) in [6.07, 6.45) is 2.33. The van der Waals surface area contributed by atoms with Crippen LogP contribution in [0.2, 0.25) is 0 Å². The normalized spacial score (nSPS) is 17.1. The summed E-state index contributed by atoms with van der Waals surface area (Å²) in [4.78, 5) is 54.8. The van der Waals surface area contributed by atoms with Crippen molar-refractivity contribution in [2.45, 2.75) is 25.3 Å². The molecule has 53 heavy (non-hydrogen) atoms. The van der Waals surface area contributed by atoms with Crippen molar-refractivity contribution in [3.8, 4) is 23.0 Å². The van der Waals surface area contributed by atoms with E-state index in [1.807, 2.05) is 60.7 Å². The lowest BCUT2D eigenvalue weighted by Gasteiger charge is -2.19. The molecule has 0 radical (unpaired) electrons. The van der Waals surface area contributed by atoms with Crippen LogP contribution in [0.5, 0.6) is 23.0 Å². The fraction of sp³-hybridized carbons (Fsp3) is 0.263. The van der Waals surface area contributed by atoms with Crippen molar-refractivity contribution in [1.82, 2.24) is 9.80 Å². The summed E-state index contributed by atoms with van der Waals surface area (Å²) < 4.78 is 32.7. The SMILES string of the molecule is COc1cc(C(=O)N2COC[C@H]2C=O)c([N+](=O)[O-])cc1OCc1ccccc1.COc1cc2c(cc1OCc1ccccc1)N=C[C@@H]1COCN1C2=O. The number of aliphatic imine (C=N–C) groups is 1. The third-order valence-electron chi connectivity index (χ3n) is 8.60. The molecule has 0 bridgehead atoms. The van der Waals surface area contributed by atoms with Crippen LogP contribution in [0.3, 0.4) is 0 Å². The average molecular weight is 725 g/mol. The topological polar surface area (TPSA) is 169 Å². The molecular formula is C38H36N4O11. The second-order valence-corrected chi connectivity index (χ2v) is 11.9. The Hall–Kier alpha value is -6.32. The van der Waals surface area contributed by atoms with Gasteiger partial charge in [-0.25, -0.2) is 0 Å². The summed E-state index contributed by atoms with van der Waals surface area (Å²) in [5, 5.41) is 11.6. The summed E-state index contributed by atoms with van der Waals surface area (Å²) >= 11 is 0. The molecule has 2 amide bonds. The molecule has 3 heterocycles. The van der Waals surface area contributed by atoms with Gasteiger partial charge >= 0.3 is 0 Å². The Labute approximate surface area is 304 Å². The molecule has 0 aliphatic carbocycles. The van der Waals surface area contributed by atoms with Gasteiger partial charge in [0.15, 0.2) is 23.0 Å². The molecule has 0 saturated carbocycles. The first kappa shape index (κ1) is 36.5. The van der Waals surface area contributed by atoms with Gasteiger partial charge < -0.3 is 43.0 Å². The lowest BCUT2D eigenvalue weighted by Crippen LogP contribution is -2.37. The third-order valence-corrected chi connectivity index (χ3v) is 8.60. The average Bonchev–Trinajstić information content (AvgIpc) is 3.86. The second-order valence-electron chi connectivity index (χ2n) is 11.9. The van der Waals surface area contributed by atoms with E-state index in [4.69, 9.17) is 28.4 Å². The van der Waals surface area contributed by atoms with Crippen molar-refractivity contribution in [2.75, 3.05) is 40.9 Å². The fourth-order valence-electron chi connectivity index (χ4n) is 5.76. The molecule has 4 aromatic carbocycles. The van der Waals surface area contributed by atoms with E-state index in [1.165, 1.54) is 13.2 Å². The lowest BCUT2D eigenvalue weighted by atomic mass is 10.1. The quantitative estimate of drug-likeness (QED) is 0.116. The van der Waals surface area contributed by atoms with Gasteiger partial charge in [-0.05, 0) is 17.2 Å². The molecule has 2 fully saturated rings. The molecule has 7 rings (SSSR count). The fourth-order valence-corrected chi connectivity index (χ4v) is 5.76. The first-order chi connectivity index (χ1) is 25.8. The van der Waals surface area contributed by atoms with Crippen LogP contribution in [0.4, 0.5) is 11.4 Å². The van der Waals surface area contributed by atoms with Crippen LogP contribution in [0.1, 0.15) is 31.8 Å². The molecule has 0 aromatic heterocycles. The lowest BCUT2D eigenvalue weighted by molar-refractivity contribution is -0.385. The van der Waals surface area contributed by atoms with E-state index in [2.05, 4.69) is 4.99 Å². The highest BCUT2D eigenvalue weighted by molar-refractivity contribution is 6.03. The van der Waals surface area contributed by atoms with Gasteiger partial charge in [0.1, 0.15) is 44.6 Å². The van der Waals surface area contributed by atoms with Crippen LogP contribution in [0.25, 0.3) is 0 Å². The zero-order valence-electron chi connectivity index (χ0n) is 28.9. The standard InChI is InChI=1S/C19H18N2O7.C19H18N2O4/c1-26-17-7-15(19(23)20-12-27-11-14(20)9-22)16(21(24)25)8-18(17)28-10-13-5-3-2-4-6-13;1-23-17-7-15-16(20-9-14-11-24-12-21(14)19(15)22)8-18(17)25-10-13-5-3-2-4-6-13/h2-9,14H,10-12H2,1H3;2-9,14H,10-12H2,1H3/t2*14-/m11/s1. The van der Waals surface area contributed by atoms with Crippen LogP contribution in [-0.2, 0) is 27.5 Å². The number of nitrogens with zero attached hydrogens (tertiary/aromatic N) is 4. The Morgan fingerprint density at radius 1 is 0.868 bits per heavy atom. The number of carbonyl (C=O) groups excluding carboxylic acids is 3. The molecule has 3 aliphatic heterocycles. The van der Waals surface area contributed by atoms with E-state index >= 15 is 0 Å². The number of benzene rings is 4. The number of methoxy groups -OCH3 is 2. The number of fused-ring (bicyclic) bond motifs is 2. The number of hydrogen-bond acceptors (Lipinski definition) is 12. The van der Waals surface area contributed by atoms with Crippen LogP contribution in [0.15, 0.2) is 89.9 Å². The number of aldehydes is 1. The molecule has 0 spiro atoms. The van der Waals surface area contributed by atoms with Crippen molar-refractivity contribution >= 4 is 35.7 Å². The summed E-state index contributed by atoms with van der Waals surface area (Å²) in [6, 6.07) is 24.1. The van der Waals surface area contributed by atoms with Gasteiger partial charge in [-0.3, -0.25) is 24.7 Å². The molecule has 2 saturated heterocycles. The predicted octanol–water partition coefficient (Wildman–Crippen LogP) is 4.97. The molecule has 274 valence electrons. The number of amides is 2. The van der Waals surface area contributed by atoms with Gasteiger partial charge in [-0.1, -0.05) is 60.7 Å². The first-order valence-electron chi connectivity index (χ1n) is 16.5. The smallest absolute Gasteiger partial charge is 0.286 e. The monoisotopic (exact) mass is 724 g/mol. The highest BCUT2D eigenvalue weighted by atomic mass is 16.6. The van der Waals surface area contributed by atoms with Crippen LogP contribution in [-0.4, -0.2) is 92.0 Å². The Balaban J connectivity index is 0.000000182. The van der Waals surface area contributed by atoms with E-state index in [0.29, 0.717) is 42.2 Å². The molecule has 0 N–H and O–H groups in total. The number of nitro groups is 1. The number of rotatable bonds is 11. The van der Waals surface area contributed by atoms with Gasteiger partial charge in [0, 0.05) is 18.3 Å². The number of nitro benzene ring substituents is 1. The van der Waals surface area contributed by atoms with Crippen LogP contribution in [0, 0.1) is 10.1 Å². The van der Waals surface area contributed by atoms with Crippen LogP contribution >= 0.6 is 0 Å². The van der Waals surface area contributed by atoms with Gasteiger partial charge in [0.25, 0.3) is 17.5 Å². The van der Waals surface area contributed by atoms with Crippen molar-refractivity contribution < 1.29 is 47.7 Å². The van der Waals surface area contributed by atoms with E-state index in [0.717, 1.165) is 22.1 Å². The van der Waals surface area contributed by atoms with Crippen molar-refractivity contribution in [2.24, 2.45) is 4.99 Å². The number of carbonyl (C=O) groups is 3. The maximum Gasteiger partial charge on any atom is 0.286 e. The molecule has 3 aliphatic rings. The van der Waals surface area contributed by atoms with E-state index in [9.17, 15) is 24.5 Å². The van der Waals surface area contributed by atoms with E-state index < -0.39 is 22.6 Å². The van der Waals surface area contributed by atoms with E-state index in [-0.39, 0.29) is 55.7 Å². The van der Waals surface area contributed by atoms with Gasteiger partial charge in [0.05, 0.1) is 55.7 Å². The molecule has 4 aromatic rings. The van der Waals surface area contributed by atoms with Gasteiger partial charge in [0.2, 0.25) is 0 Å². The highest BCUT2D eigenvalue weighted by Crippen LogP contribution is 2.38.